The lowest BCUT2D eigenvalue weighted by molar-refractivity contribution is 0.397. The van der Waals surface area contributed by atoms with Crippen molar-refractivity contribution >= 4 is 0 Å². The van der Waals surface area contributed by atoms with Gasteiger partial charge in [-0.05, 0) is 54.2 Å². The van der Waals surface area contributed by atoms with E-state index in [4.69, 9.17) is 15.2 Å². The van der Waals surface area contributed by atoms with Gasteiger partial charge in [0.05, 0.1) is 20.3 Å². The molecule has 0 spiro atoms. The van der Waals surface area contributed by atoms with Gasteiger partial charge in [0, 0.05) is 5.56 Å². The first-order chi connectivity index (χ1) is 10.2. The molecule has 21 heavy (non-hydrogen) atoms. The smallest absolute Gasteiger partial charge is 0.124 e. The summed E-state index contributed by atoms with van der Waals surface area (Å²) in [5, 5.41) is 0. The van der Waals surface area contributed by atoms with E-state index in [0.717, 1.165) is 29.0 Å². The molecule has 0 heterocycles. The standard InChI is InChI=1S/C18H21NO2/c1-20-15-8-9-17(21-2)16(11-15)18(19)14-7-6-12-4-3-5-13(12)10-14/h6-11,18H,3-5,19H2,1-2H3. The van der Waals surface area contributed by atoms with Crippen LogP contribution in [0.15, 0.2) is 36.4 Å². The zero-order valence-corrected chi connectivity index (χ0v) is 12.6. The molecule has 2 aromatic carbocycles. The number of ether oxygens (including phenoxy) is 2. The van der Waals surface area contributed by atoms with Gasteiger partial charge < -0.3 is 15.2 Å². The zero-order chi connectivity index (χ0) is 14.8. The largest absolute Gasteiger partial charge is 0.497 e. The van der Waals surface area contributed by atoms with Gasteiger partial charge in [0.25, 0.3) is 0 Å². The van der Waals surface area contributed by atoms with E-state index in [0.29, 0.717) is 0 Å². The summed E-state index contributed by atoms with van der Waals surface area (Å²) in [4.78, 5) is 0. The number of hydrogen-bond acceptors (Lipinski definition) is 3. The van der Waals surface area contributed by atoms with Gasteiger partial charge in [-0.15, -0.1) is 0 Å². The second-order valence-corrected chi connectivity index (χ2v) is 5.47. The van der Waals surface area contributed by atoms with Crippen LogP contribution in [0.1, 0.15) is 34.7 Å². The number of fused-ring (bicyclic) bond motifs is 1. The molecule has 1 aliphatic rings. The predicted molar refractivity (Wildman–Crippen MR) is 84.0 cm³/mol. The van der Waals surface area contributed by atoms with Crippen LogP contribution in [0.25, 0.3) is 0 Å². The van der Waals surface area contributed by atoms with Crippen LogP contribution in [0.4, 0.5) is 0 Å². The van der Waals surface area contributed by atoms with Gasteiger partial charge in [0.2, 0.25) is 0 Å². The Morgan fingerprint density at radius 2 is 1.76 bits per heavy atom. The van der Waals surface area contributed by atoms with E-state index >= 15 is 0 Å². The Kier molecular flexibility index (Phi) is 3.84. The summed E-state index contributed by atoms with van der Waals surface area (Å²) < 4.78 is 10.7. The van der Waals surface area contributed by atoms with Crippen LogP contribution in [0, 0.1) is 0 Å². The fourth-order valence-corrected chi connectivity index (χ4v) is 3.05. The molecular weight excluding hydrogens is 262 g/mol. The van der Waals surface area contributed by atoms with Gasteiger partial charge in [0.1, 0.15) is 11.5 Å². The highest BCUT2D eigenvalue weighted by atomic mass is 16.5. The fourth-order valence-electron chi connectivity index (χ4n) is 3.05. The molecule has 3 heteroatoms. The maximum Gasteiger partial charge on any atom is 0.124 e. The van der Waals surface area contributed by atoms with Crippen LogP contribution in [-0.2, 0) is 12.8 Å². The van der Waals surface area contributed by atoms with Gasteiger partial charge in [-0.1, -0.05) is 18.2 Å². The van der Waals surface area contributed by atoms with Crippen LogP contribution in [0.2, 0.25) is 0 Å². The lowest BCUT2D eigenvalue weighted by Crippen LogP contribution is -2.13. The predicted octanol–water partition coefficient (Wildman–Crippen LogP) is 3.24. The topological polar surface area (TPSA) is 44.5 Å². The molecule has 0 radical (unpaired) electrons. The molecule has 0 bridgehead atoms. The molecule has 1 unspecified atom stereocenters. The summed E-state index contributed by atoms with van der Waals surface area (Å²) in [5.74, 6) is 1.59. The quantitative estimate of drug-likeness (QED) is 0.937. The van der Waals surface area contributed by atoms with Crippen molar-refractivity contribution in [3.8, 4) is 11.5 Å². The normalized spacial score (nSPS) is 14.6. The van der Waals surface area contributed by atoms with Crippen molar-refractivity contribution < 1.29 is 9.47 Å². The average Bonchev–Trinajstić information content (AvgIpc) is 3.01. The van der Waals surface area contributed by atoms with Crippen LogP contribution in [-0.4, -0.2) is 14.2 Å². The molecule has 3 rings (SSSR count). The summed E-state index contributed by atoms with van der Waals surface area (Å²) in [5.41, 5.74) is 11.5. The monoisotopic (exact) mass is 283 g/mol. The third-order valence-electron chi connectivity index (χ3n) is 4.25. The molecule has 110 valence electrons. The molecule has 3 nitrogen and oxygen atoms in total. The minimum atomic E-state index is -0.207. The van der Waals surface area contributed by atoms with Gasteiger partial charge in [-0.3, -0.25) is 0 Å². The number of benzene rings is 2. The fraction of sp³-hybridized carbons (Fsp3) is 0.333. The summed E-state index contributed by atoms with van der Waals surface area (Å²) in [6.07, 6.45) is 3.59. The molecular formula is C18H21NO2. The van der Waals surface area contributed by atoms with Gasteiger partial charge in [0.15, 0.2) is 0 Å². The lowest BCUT2D eigenvalue weighted by Gasteiger charge is -2.18. The second kappa shape index (κ2) is 5.78. The zero-order valence-electron chi connectivity index (χ0n) is 12.6. The van der Waals surface area contributed by atoms with E-state index in [1.54, 1.807) is 14.2 Å². The molecule has 1 aliphatic carbocycles. The highest BCUT2D eigenvalue weighted by Gasteiger charge is 2.18. The first kappa shape index (κ1) is 14.0. The van der Waals surface area contributed by atoms with E-state index in [2.05, 4.69) is 18.2 Å². The average molecular weight is 283 g/mol. The Balaban J connectivity index is 1.99. The van der Waals surface area contributed by atoms with Crippen molar-refractivity contribution in [2.45, 2.75) is 25.3 Å². The van der Waals surface area contributed by atoms with E-state index in [1.807, 2.05) is 18.2 Å². The van der Waals surface area contributed by atoms with Crippen molar-refractivity contribution in [1.29, 1.82) is 0 Å². The van der Waals surface area contributed by atoms with E-state index < -0.39 is 0 Å². The Morgan fingerprint density at radius 3 is 2.52 bits per heavy atom. The molecule has 0 aromatic heterocycles. The van der Waals surface area contributed by atoms with Crippen molar-refractivity contribution in [3.63, 3.8) is 0 Å². The molecule has 0 saturated heterocycles. The van der Waals surface area contributed by atoms with Crippen molar-refractivity contribution in [2.24, 2.45) is 5.73 Å². The lowest BCUT2D eigenvalue weighted by atomic mass is 9.95. The third kappa shape index (κ3) is 2.61. The van der Waals surface area contributed by atoms with Crippen LogP contribution < -0.4 is 15.2 Å². The Morgan fingerprint density at radius 1 is 0.952 bits per heavy atom. The van der Waals surface area contributed by atoms with Gasteiger partial charge >= 0.3 is 0 Å². The highest BCUT2D eigenvalue weighted by molar-refractivity contribution is 5.47. The molecule has 0 fully saturated rings. The summed E-state index contributed by atoms with van der Waals surface area (Å²) in [6, 6.07) is 12.1. The number of aryl methyl sites for hydroxylation is 2. The van der Waals surface area contributed by atoms with Gasteiger partial charge in [-0.25, -0.2) is 0 Å². The third-order valence-corrected chi connectivity index (χ3v) is 4.25. The summed E-state index contributed by atoms with van der Waals surface area (Å²) in [6.45, 7) is 0. The summed E-state index contributed by atoms with van der Waals surface area (Å²) in [7, 11) is 3.33. The van der Waals surface area contributed by atoms with Crippen molar-refractivity contribution in [3.05, 3.63) is 58.7 Å². The number of hydrogen-bond donors (Lipinski definition) is 1. The maximum absolute atomic E-state index is 6.47. The molecule has 1 atom stereocenters. The van der Waals surface area contributed by atoms with E-state index in [-0.39, 0.29) is 6.04 Å². The van der Waals surface area contributed by atoms with Crippen LogP contribution in [0.3, 0.4) is 0 Å². The second-order valence-electron chi connectivity index (χ2n) is 5.47. The molecule has 2 N–H and O–H groups in total. The first-order valence-corrected chi connectivity index (χ1v) is 7.32. The Labute approximate surface area is 125 Å². The first-order valence-electron chi connectivity index (χ1n) is 7.32. The number of methoxy groups -OCH3 is 2. The molecule has 0 amide bonds. The molecule has 2 aromatic rings. The maximum atomic E-state index is 6.47. The van der Waals surface area contributed by atoms with Gasteiger partial charge in [-0.2, -0.15) is 0 Å². The van der Waals surface area contributed by atoms with Crippen LogP contribution in [0.5, 0.6) is 11.5 Å². The molecule has 0 aliphatic heterocycles. The van der Waals surface area contributed by atoms with E-state index in [1.165, 1.54) is 24.0 Å². The van der Waals surface area contributed by atoms with Crippen molar-refractivity contribution in [1.82, 2.24) is 0 Å². The Hall–Kier alpha value is -2.00. The molecule has 0 saturated carbocycles. The van der Waals surface area contributed by atoms with Crippen LogP contribution >= 0.6 is 0 Å². The van der Waals surface area contributed by atoms with E-state index in [9.17, 15) is 0 Å². The minimum Gasteiger partial charge on any atom is -0.497 e. The minimum absolute atomic E-state index is 0.207. The SMILES string of the molecule is COc1ccc(OC)c(C(N)c2ccc3c(c2)CCC3)c1. The Bertz CT molecular complexity index is 652. The highest BCUT2D eigenvalue weighted by Crippen LogP contribution is 2.33. The number of rotatable bonds is 4. The van der Waals surface area contributed by atoms with Crippen molar-refractivity contribution in [2.75, 3.05) is 14.2 Å². The summed E-state index contributed by atoms with van der Waals surface area (Å²) >= 11 is 0. The number of nitrogens with two attached hydrogens (primary N) is 1.